The Morgan fingerprint density at radius 3 is 2.76 bits per heavy atom. The van der Waals surface area contributed by atoms with Crippen molar-refractivity contribution >= 4 is 5.91 Å². The molecule has 1 aromatic rings. The molecule has 0 radical (unpaired) electrons. The topological polar surface area (TPSA) is 42.0 Å². The van der Waals surface area contributed by atoms with Crippen LogP contribution in [0, 0.1) is 0 Å². The predicted octanol–water partition coefficient (Wildman–Crippen LogP) is 1.80. The van der Waals surface area contributed by atoms with E-state index in [9.17, 15) is 13.6 Å². The molecule has 138 valence electrons. The Balaban J connectivity index is 1.53. The third-order valence-corrected chi connectivity index (χ3v) is 4.95. The molecule has 0 N–H and O–H groups in total. The summed E-state index contributed by atoms with van der Waals surface area (Å²) in [6.45, 7) is 1.05. The van der Waals surface area contributed by atoms with Gasteiger partial charge in [0.25, 0.3) is 5.92 Å². The van der Waals surface area contributed by atoms with E-state index in [1.807, 2.05) is 24.3 Å². The first-order valence-electron chi connectivity index (χ1n) is 8.45. The molecule has 2 aliphatic rings. The van der Waals surface area contributed by atoms with E-state index in [1.165, 1.54) is 7.11 Å². The van der Waals surface area contributed by atoms with Crippen molar-refractivity contribution in [3.8, 4) is 5.75 Å². The summed E-state index contributed by atoms with van der Waals surface area (Å²) in [5, 5.41) is 0. The largest absolute Gasteiger partial charge is 0.497 e. The van der Waals surface area contributed by atoms with Gasteiger partial charge in [-0.15, -0.1) is 0 Å². The van der Waals surface area contributed by atoms with Gasteiger partial charge in [0.05, 0.1) is 26.7 Å². The Morgan fingerprint density at radius 1 is 1.32 bits per heavy atom. The first-order chi connectivity index (χ1) is 11.9. The third-order valence-electron chi connectivity index (χ3n) is 4.95. The van der Waals surface area contributed by atoms with E-state index in [1.54, 1.807) is 16.9 Å². The summed E-state index contributed by atoms with van der Waals surface area (Å²) in [4.78, 5) is 15.9. The first kappa shape index (κ1) is 18.1. The van der Waals surface area contributed by atoms with Crippen molar-refractivity contribution < 1.29 is 23.0 Å². The number of carbonyl (C=O) groups is 1. The number of amides is 1. The molecular weight excluding hydrogens is 330 g/mol. The number of alkyl halides is 2. The SMILES string of the molecule is COC[C@@H]1CC(F)(F)CN1C1CN(C(=O)Cc2cccc(OC)c2)C1. The second kappa shape index (κ2) is 7.25. The lowest BCUT2D eigenvalue weighted by Gasteiger charge is -2.45. The highest BCUT2D eigenvalue weighted by Gasteiger charge is 2.50. The van der Waals surface area contributed by atoms with Crippen LogP contribution in [0.15, 0.2) is 24.3 Å². The van der Waals surface area contributed by atoms with E-state index < -0.39 is 5.92 Å². The fourth-order valence-corrected chi connectivity index (χ4v) is 3.63. The zero-order chi connectivity index (χ0) is 18.0. The number of halogens is 2. The van der Waals surface area contributed by atoms with Crippen LogP contribution < -0.4 is 4.74 Å². The van der Waals surface area contributed by atoms with Crippen LogP contribution in [0.25, 0.3) is 0 Å². The standard InChI is InChI=1S/C18H24F2N2O3/c1-24-11-14-8-18(19,20)12-22(14)15-9-21(10-15)17(23)7-13-4-3-5-16(6-13)25-2/h3-6,14-15H,7-12H2,1-2H3/t14-/m0/s1. The molecule has 3 rings (SSSR count). The number of carbonyl (C=O) groups excluding carboxylic acids is 1. The van der Waals surface area contributed by atoms with E-state index in [4.69, 9.17) is 9.47 Å². The van der Waals surface area contributed by atoms with Gasteiger partial charge in [-0.05, 0) is 17.7 Å². The van der Waals surface area contributed by atoms with Gasteiger partial charge in [0.15, 0.2) is 0 Å². The highest BCUT2D eigenvalue weighted by atomic mass is 19.3. The van der Waals surface area contributed by atoms with Crippen molar-refractivity contribution in [2.45, 2.75) is 30.8 Å². The van der Waals surface area contributed by atoms with Crippen molar-refractivity contribution in [3.63, 3.8) is 0 Å². The lowest BCUT2D eigenvalue weighted by Crippen LogP contribution is -2.62. The maximum Gasteiger partial charge on any atom is 0.262 e. The van der Waals surface area contributed by atoms with Crippen molar-refractivity contribution in [2.24, 2.45) is 0 Å². The number of benzene rings is 1. The molecule has 2 heterocycles. The number of ether oxygens (including phenoxy) is 2. The van der Waals surface area contributed by atoms with Crippen LogP contribution in [0.4, 0.5) is 8.78 Å². The van der Waals surface area contributed by atoms with E-state index >= 15 is 0 Å². The summed E-state index contributed by atoms with van der Waals surface area (Å²) < 4.78 is 37.7. The predicted molar refractivity (Wildman–Crippen MR) is 89.0 cm³/mol. The Morgan fingerprint density at radius 2 is 2.08 bits per heavy atom. The molecule has 5 nitrogen and oxygen atoms in total. The molecule has 0 unspecified atom stereocenters. The number of hydrogen-bond donors (Lipinski definition) is 0. The molecule has 2 fully saturated rings. The summed E-state index contributed by atoms with van der Waals surface area (Å²) in [5.74, 6) is -1.94. The molecule has 2 saturated heterocycles. The molecule has 0 saturated carbocycles. The van der Waals surface area contributed by atoms with E-state index in [-0.39, 0.29) is 31.0 Å². The zero-order valence-corrected chi connectivity index (χ0v) is 14.6. The maximum atomic E-state index is 13.7. The Kier molecular flexibility index (Phi) is 5.24. The van der Waals surface area contributed by atoms with E-state index in [2.05, 4.69) is 0 Å². The summed E-state index contributed by atoms with van der Waals surface area (Å²) in [6.07, 6.45) is 0.122. The number of nitrogens with zero attached hydrogens (tertiary/aromatic N) is 2. The van der Waals surface area contributed by atoms with Gasteiger partial charge < -0.3 is 14.4 Å². The lowest BCUT2D eigenvalue weighted by molar-refractivity contribution is -0.138. The van der Waals surface area contributed by atoms with Crippen LogP contribution in [0.2, 0.25) is 0 Å². The van der Waals surface area contributed by atoms with Gasteiger partial charge in [-0.1, -0.05) is 12.1 Å². The second-order valence-corrected chi connectivity index (χ2v) is 6.82. The first-order valence-corrected chi connectivity index (χ1v) is 8.45. The van der Waals surface area contributed by atoms with Crippen LogP contribution in [-0.4, -0.2) is 74.2 Å². The average molecular weight is 354 g/mol. The van der Waals surface area contributed by atoms with Crippen LogP contribution >= 0.6 is 0 Å². The molecule has 7 heteroatoms. The normalized spacial score (nSPS) is 23.5. The summed E-state index contributed by atoms with van der Waals surface area (Å²) in [6, 6.07) is 7.11. The molecular formula is C18H24F2N2O3. The summed E-state index contributed by atoms with van der Waals surface area (Å²) in [7, 11) is 3.11. The number of rotatable bonds is 6. The van der Waals surface area contributed by atoms with Gasteiger partial charge in [0.2, 0.25) is 5.91 Å². The fourth-order valence-electron chi connectivity index (χ4n) is 3.63. The van der Waals surface area contributed by atoms with Crippen LogP contribution in [0.1, 0.15) is 12.0 Å². The number of likely N-dealkylation sites (tertiary alicyclic amines) is 2. The van der Waals surface area contributed by atoms with Gasteiger partial charge >= 0.3 is 0 Å². The molecule has 25 heavy (non-hydrogen) atoms. The molecule has 0 aliphatic carbocycles. The van der Waals surface area contributed by atoms with Crippen LogP contribution in [-0.2, 0) is 16.0 Å². The second-order valence-electron chi connectivity index (χ2n) is 6.82. The molecule has 1 atom stereocenters. The Bertz CT molecular complexity index is 620. The van der Waals surface area contributed by atoms with Gasteiger partial charge in [-0.3, -0.25) is 9.69 Å². The smallest absolute Gasteiger partial charge is 0.262 e. The highest BCUT2D eigenvalue weighted by Crippen LogP contribution is 2.35. The maximum absolute atomic E-state index is 13.7. The quantitative estimate of drug-likeness (QED) is 0.781. The number of hydrogen-bond acceptors (Lipinski definition) is 4. The summed E-state index contributed by atoms with van der Waals surface area (Å²) in [5.41, 5.74) is 0.887. The van der Waals surface area contributed by atoms with Gasteiger partial charge in [-0.2, -0.15) is 0 Å². The Labute approximate surface area is 146 Å². The van der Waals surface area contributed by atoms with Crippen LogP contribution in [0.3, 0.4) is 0 Å². The van der Waals surface area contributed by atoms with Crippen LogP contribution in [0.5, 0.6) is 5.75 Å². The number of methoxy groups -OCH3 is 2. The monoisotopic (exact) mass is 354 g/mol. The van der Waals surface area contributed by atoms with Crippen molar-refractivity contribution in [3.05, 3.63) is 29.8 Å². The van der Waals surface area contributed by atoms with Gasteiger partial charge in [0.1, 0.15) is 5.75 Å². The minimum absolute atomic E-state index is 0.0113. The molecule has 1 amide bonds. The van der Waals surface area contributed by atoms with Gasteiger partial charge in [-0.25, -0.2) is 8.78 Å². The minimum atomic E-state index is -2.67. The van der Waals surface area contributed by atoms with E-state index in [0.29, 0.717) is 31.9 Å². The highest BCUT2D eigenvalue weighted by molar-refractivity contribution is 5.79. The molecule has 0 bridgehead atoms. The molecule has 0 spiro atoms. The van der Waals surface area contributed by atoms with Gasteiger partial charge in [0, 0.05) is 38.7 Å². The van der Waals surface area contributed by atoms with E-state index in [0.717, 1.165) is 5.56 Å². The molecule has 0 aromatic heterocycles. The summed E-state index contributed by atoms with van der Waals surface area (Å²) >= 11 is 0. The molecule has 2 aliphatic heterocycles. The van der Waals surface area contributed by atoms with Crippen molar-refractivity contribution in [1.82, 2.24) is 9.80 Å². The third kappa shape index (κ3) is 4.10. The molecule has 1 aromatic carbocycles. The minimum Gasteiger partial charge on any atom is -0.497 e. The van der Waals surface area contributed by atoms with Crippen molar-refractivity contribution in [2.75, 3.05) is 40.5 Å². The average Bonchev–Trinajstić information content (AvgIpc) is 2.81. The Hall–Kier alpha value is -1.73. The zero-order valence-electron chi connectivity index (χ0n) is 14.6. The van der Waals surface area contributed by atoms with Crippen molar-refractivity contribution in [1.29, 1.82) is 0 Å². The lowest BCUT2D eigenvalue weighted by atomic mass is 10.0. The fraction of sp³-hybridized carbons (Fsp3) is 0.611.